The van der Waals surface area contributed by atoms with Crippen LogP contribution in [0.25, 0.3) is 0 Å². The third-order valence-electron chi connectivity index (χ3n) is 1.83. The number of benzene rings is 1. The fraction of sp³-hybridized carbons (Fsp3) is 0.250. The van der Waals surface area contributed by atoms with Gasteiger partial charge in [0.25, 0.3) is 0 Å². The molecule has 1 aliphatic rings. The van der Waals surface area contributed by atoms with Gasteiger partial charge in [0.1, 0.15) is 0 Å². The van der Waals surface area contributed by atoms with Crippen LogP contribution in [0.15, 0.2) is 29.2 Å². The third kappa shape index (κ3) is 1.42. The van der Waals surface area contributed by atoms with E-state index < -0.39 is 11.1 Å². The summed E-state index contributed by atoms with van der Waals surface area (Å²) in [5.41, 5.74) is 1.15. The molecule has 0 aliphatic carbocycles. The number of hydrogen-bond acceptors (Lipinski definition) is 3. The normalized spacial score (nSPS) is 23.6. The molecule has 12 heavy (non-hydrogen) atoms. The highest BCUT2D eigenvalue weighted by Crippen LogP contribution is 2.37. The lowest BCUT2D eigenvalue weighted by molar-refractivity contribution is 0.534. The molecule has 0 saturated carbocycles. The molecule has 4 heteroatoms. The molecule has 0 amide bonds. The Bertz CT molecular complexity index is 300. The Balaban J connectivity index is 2.27. The second-order valence-electron chi connectivity index (χ2n) is 2.62. The van der Waals surface area contributed by atoms with Gasteiger partial charge >= 0.3 is 0 Å². The van der Waals surface area contributed by atoms with Gasteiger partial charge in [-0.1, -0.05) is 18.2 Å². The predicted octanol–water partition coefficient (Wildman–Crippen LogP) is 1.54. The molecule has 0 saturated heterocycles. The van der Waals surface area contributed by atoms with Crippen LogP contribution in [0.5, 0.6) is 0 Å². The molecule has 64 valence electrons. The molecule has 2 rings (SSSR count). The van der Waals surface area contributed by atoms with E-state index in [1.54, 1.807) is 0 Å². The zero-order valence-electron chi connectivity index (χ0n) is 6.23. The maximum absolute atomic E-state index is 10.6. The van der Waals surface area contributed by atoms with Crippen LogP contribution in [0.4, 0.5) is 0 Å². The molecular weight excluding hydrogens is 192 g/mol. The van der Waals surface area contributed by atoms with Crippen LogP contribution in [0, 0.1) is 0 Å². The largest absolute Gasteiger partial charge is 0.771 e. The van der Waals surface area contributed by atoms with Crippen LogP contribution in [0.2, 0.25) is 0 Å². The Morgan fingerprint density at radius 2 is 2.25 bits per heavy atom. The van der Waals surface area contributed by atoms with Crippen molar-refractivity contribution in [1.29, 1.82) is 0 Å². The molecule has 0 bridgehead atoms. The number of hydrogen-bond donors (Lipinski definition) is 0. The lowest BCUT2D eigenvalue weighted by atomic mass is 10.2. The summed E-state index contributed by atoms with van der Waals surface area (Å²) >= 11 is -0.523. The van der Waals surface area contributed by atoms with Gasteiger partial charge in [0.05, 0.1) is 4.58 Å². The summed E-state index contributed by atoms with van der Waals surface area (Å²) in [6.45, 7) is 0. The zero-order chi connectivity index (χ0) is 8.55. The summed E-state index contributed by atoms with van der Waals surface area (Å²) in [6, 6.07) is 7.82. The third-order valence-corrected chi connectivity index (χ3v) is 4.27. The summed E-state index contributed by atoms with van der Waals surface area (Å²) in [6.07, 6.45) is 0.650. The minimum Gasteiger partial charge on any atom is -0.771 e. The summed E-state index contributed by atoms with van der Waals surface area (Å²) in [5, 5.41) is 0. The van der Waals surface area contributed by atoms with Crippen LogP contribution in [0.1, 0.15) is 5.56 Å². The number of rotatable bonds is 1. The van der Waals surface area contributed by atoms with Gasteiger partial charge in [-0.25, -0.2) is 0 Å². The van der Waals surface area contributed by atoms with E-state index in [0.29, 0.717) is 6.42 Å². The van der Waals surface area contributed by atoms with Gasteiger partial charge in [-0.2, -0.15) is 0 Å². The molecule has 0 radical (unpaired) electrons. The highest BCUT2D eigenvalue weighted by atomic mass is 32.2. The molecule has 0 spiro atoms. The van der Waals surface area contributed by atoms with Crippen molar-refractivity contribution in [1.82, 2.24) is 0 Å². The first-order valence-corrected chi connectivity index (χ1v) is 5.62. The quantitative estimate of drug-likeness (QED) is 0.644. The average Bonchev–Trinajstić information content (AvgIpc) is 2.46. The molecule has 0 aromatic heterocycles. The molecular formula is C8H7O2S2-. The fourth-order valence-corrected chi connectivity index (χ4v) is 3.20. The van der Waals surface area contributed by atoms with Crippen LogP contribution in [-0.2, 0) is 17.5 Å². The van der Waals surface area contributed by atoms with E-state index in [9.17, 15) is 8.76 Å². The summed E-state index contributed by atoms with van der Waals surface area (Å²) < 4.78 is 21.0. The van der Waals surface area contributed by atoms with E-state index in [2.05, 4.69) is 0 Å². The molecule has 1 aromatic rings. The maximum Gasteiger partial charge on any atom is 0.0757 e. The van der Waals surface area contributed by atoms with E-state index in [4.69, 9.17) is 0 Å². The molecule has 0 fully saturated rings. The van der Waals surface area contributed by atoms with Gasteiger partial charge < -0.3 is 4.55 Å². The summed E-state index contributed by atoms with van der Waals surface area (Å²) in [4.78, 5) is 1.10. The minimum atomic E-state index is -1.95. The lowest BCUT2D eigenvalue weighted by Crippen LogP contribution is -2.07. The molecule has 2 unspecified atom stereocenters. The van der Waals surface area contributed by atoms with Crippen molar-refractivity contribution in [2.24, 2.45) is 0 Å². The van der Waals surface area contributed by atoms with Crippen molar-refractivity contribution in [3.05, 3.63) is 29.8 Å². The molecule has 2 nitrogen and oxygen atoms in total. The molecule has 2 atom stereocenters. The van der Waals surface area contributed by atoms with Crippen molar-refractivity contribution < 1.29 is 8.76 Å². The first kappa shape index (κ1) is 8.29. The Morgan fingerprint density at radius 1 is 1.50 bits per heavy atom. The second-order valence-corrected chi connectivity index (χ2v) is 5.25. The van der Waals surface area contributed by atoms with E-state index >= 15 is 0 Å². The van der Waals surface area contributed by atoms with E-state index in [0.717, 1.165) is 10.5 Å². The van der Waals surface area contributed by atoms with Crippen LogP contribution >= 0.6 is 11.8 Å². The minimum absolute atomic E-state index is 0.276. The Morgan fingerprint density at radius 3 is 2.92 bits per heavy atom. The van der Waals surface area contributed by atoms with Gasteiger partial charge in [-0.3, -0.25) is 4.21 Å². The zero-order valence-corrected chi connectivity index (χ0v) is 7.86. The van der Waals surface area contributed by atoms with Gasteiger partial charge in [0.15, 0.2) is 0 Å². The predicted molar refractivity (Wildman–Crippen MR) is 48.7 cm³/mol. The lowest BCUT2D eigenvalue weighted by Gasteiger charge is -2.10. The van der Waals surface area contributed by atoms with E-state index in [1.807, 2.05) is 24.3 Å². The van der Waals surface area contributed by atoms with Crippen molar-refractivity contribution >= 4 is 22.8 Å². The van der Waals surface area contributed by atoms with Crippen molar-refractivity contribution in [3.63, 3.8) is 0 Å². The number of thioether (sulfide) groups is 1. The van der Waals surface area contributed by atoms with Crippen molar-refractivity contribution in [2.45, 2.75) is 15.9 Å². The Hall–Kier alpha value is -0.320. The Labute approximate surface area is 77.7 Å². The SMILES string of the molecule is O=S([O-])C1Cc2ccccc2S1. The van der Waals surface area contributed by atoms with Crippen molar-refractivity contribution in [2.75, 3.05) is 0 Å². The smallest absolute Gasteiger partial charge is 0.0757 e. The second kappa shape index (κ2) is 3.20. The summed E-state index contributed by atoms with van der Waals surface area (Å²) in [5.74, 6) is 0. The first-order valence-electron chi connectivity index (χ1n) is 3.60. The van der Waals surface area contributed by atoms with Crippen LogP contribution < -0.4 is 0 Å². The van der Waals surface area contributed by atoms with Crippen LogP contribution in [-0.4, -0.2) is 13.3 Å². The highest BCUT2D eigenvalue weighted by Gasteiger charge is 2.21. The van der Waals surface area contributed by atoms with Gasteiger partial charge in [0, 0.05) is 4.90 Å². The standard InChI is InChI=1S/C8H8O2S2/c9-12(10)8-5-6-3-1-2-4-7(6)11-8/h1-4,8H,5H2,(H,9,10)/p-1. The fourth-order valence-electron chi connectivity index (χ4n) is 1.26. The van der Waals surface area contributed by atoms with E-state index in [-0.39, 0.29) is 4.58 Å². The molecule has 1 aliphatic heterocycles. The molecule has 0 N–H and O–H groups in total. The van der Waals surface area contributed by atoms with Crippen molar-refractivity contribution in [3.8, 4) is 0 Å². The number of fused-ring (bicyclic) bond motifs is 1. The maximum atomic E-state index is 10.6. The average molecular weight is 199 g/mol. The van der Waals surface area contributed by atoms with Gasteiger partial charge in [0.2, 0.25) is 0 Å². The molecule has 1 heterocycles. The topological polar surface area (TPSA) is 40.1 Å². The summed E-state index contributed by atoms with van der Waals surface area (Å²) in [7, 11) is 0. The Kier molecular flexibility index (Phi) is 2.21. The molecule has 1 aromatic carbocycles. The highest BCUT2D eigenvalue weighted by molar-refractivity contribution is 8.10. The first-order chi connectivity index (χ1) is 5.77. The van der Waals surface area contributed by atoms with Gasteiger partial charge in [-0.15, -0.1) is 11.8 Å². The monoisotopic (exact) mass is 199 g/mol. The van der Waals surface area contributed by atoms with E-state index in [1.165, 1.54) is 11.8 Å². The van der Waals surface area contributed by atoms with Crippen LogP contribution in [0.3, 0.4) is 0 Å². The van der Waals surface area contributed by atoms with Gasteiger partial charge in [-0.05, 0) is 29.1 Å².